The summed E-state index contributed by atoms with van der Waals surface area (Å²) < 4.78 is 6.49. The van der Waals surface area contributed by atoms with E-state index in [-0.39, 0.29) is 18.7 Å². The van der Waals surface area contributed by atoms with Gasteiger partial charge < -0.3 is 19.2 Å². The third-order valence-corrected chi connectivity index (χ3v) is 2.29. The highest BCUT2D eigenvalue weighted by atomic mass is 16.4. The lowest BCUT2D eigenvalue weighted by Crippen LogP contribution is -2.11. The van der Waals surface area contributed by atoms with Crippen molar-refractivity contribution in [3.05, 3.63) is 24.1 Å². The Morgan fingerprint density at radius 3 is 2.75 bits per heavy atom. The number of fused-ring (bicyclic) bond motifs is 1. The molecule has 0 unspecified atom stereocenters. The molecule has 2 heterocycles. The first kappa shape index (κ1) is 10.3. The first-order valence-corrected chi connectivity index (χ1v) is 4.61. The number of aromatic carboxylic acids is 1. The SMILES string of the molecule is O=C(O)CCn1c(C(=O)O)cc2occc21. The average Bonchev–Trinajstić information content (AvgIpc) is 2.73. The third-order valence-electron chi connectivity index (χ3n) is 2.29. The van der Waals surface area contributed by atoms with Gasteiger partial charge in [-0.2, -0.15) is 0 Å². The van der Waals surface area contributed by atoms with Crippen molar-refractivity contribution in [2.45, 2.75) is 13.0 Å². The van der Waals surface area contributed by atoms with Gasteiger partial charge in [-0.1, -0.05) is 0 Å². The van der Waals surface area contributed by atoms with Gasteiger partial charge >= 0.3 is 11.9 Å². The molecule has 16 heavy (non-hydrogen) atoms. The van der Waals surface area contributed by atoms with Gasteiger partial charge in [0.15, 0.2) is 5.58 Å². The second kappa shape index (κ2) is 3.73. The summed E-state index contributed by atoms with van der Waals surface area (Å²) in [5.74, 6) is -2.07. The van der Waals surface area contributed by atoms with Crippen molar-refractivity contribution in [1.82, 2.24) is 4.57 Å². The lowest BCUT2D eigenvalue weighted by molar-refractivity contribution is -0.137. The summed E-state index contributed by atoms with van der Waals surface area (Å²) in [7, 11) is 0. The van der Waals surface area contributed by atoms with Crippen LogP contribution in [-0.4, -0.2) is 26.7 Å². The van der Waals surface area contributed by atoms with E-state index in [1.54, 1.807) is 6.07 Å². The second-order valence-electron chi connectivity index (χ2n) is 3.30. The van der Waals surface area contributed by atoms with Crippen LogP contribution in [0, 0.1) is 0 Å². The third kappa shape index (κ3) is 1.65. The van der Waals surface area contributed by atoms with Gasteiger partial charge in [-0.3, -0.25) is 4.79 Å². The van der Waals surface area contributed by atoms with Gasteiger partial charge in [0.2, 0.25) is 0 Å². The maximum absolute atomic E-state index is 10.9. The molecule has 0 aliphatic carbocycles. The summed E-state index contributed by atoms with van der Waals surface area (Å²) in [5, 5.41) is 17.5. The van der Waals surface area contributed by atoms with Crippen LogP contribution in [0.2, 0.25) is 0 Å². The quantitative estimate of drug-likeness (QED) is 0.817. The van der Waals surface area contributed by atoms with Crippen LogP contribution >= 0.6 is 0 Å². The summed E-state index contributed by atoms with van der Waals surface area (Å²) >= 11 is 0. The summed E-state index contributed by atoms with van der Waals surface area (Å²) in [6, 6.07) is 3.00. The zero-order chi connectivity index (χ0) is 11.7. The molecule has 0 aromatic carbocycles. The van der Waals surface area contributed by atoms with Crippen molar-refractivity contribution in [2.24, 2.45) is 0 Å². The van der Waals surface area contributed by atoms with Crippen molar-refractivity contribution in [1.29, 1.82) is 0 Å². The minimum atomic E-state index is -1.10. The van der Waals surface area contributed by atoms with E-state index in [4.69, 9.17) is 14.6 Å². The van der Waals surface area contributed by atoms with Crippen LogP contribution in [0.5, 0.6) is 0 Å². The number of rotatable bonds is 4. The molecule has 0 spiro atoms. The topological polar surface area (TPSA) is 92.7 Å². The Balaban J connectivity index is 2.44. The van der Waals surface area contributed by atoms with Crippen molar-refractivity contribution in [3.63, 3.8) is 0 Å². The fourth-order valence-corrected chi connectivity index (χ4v) is 1.60. The summed E-state index contributed by atoms with van der Waals surface area (Å²) in [6.45, 7) is 0.111. The number of aryl methyl sites for hydroxylation is 1. The number of nitrogens with zero attached hydrogens (tertiary/aromatic N) is 1. The maximum atomic E-state index is 10.9. The lowest BCUT2D eigenvalue weighted by atomic mass is 10.4. The van der Waals surface area contributed by atoms with Gasteiger partial charge in [-0.05, 0) is 0 Å². The van der Waals surface area contributed by atoms with Crippen molar-refractivity contribution in [3.8, 4) is 0 Å². The molecule has 0 saturated heterocycles. The standard InChI is InChI=1S/C10H9NO5/c12-9(13)1-3-11-6-2-4-16-8(6)5-7(11)10(14)15/h2,4-5H,1,3H2,(H,12,13)(H,14,15). The van der Waals surface area contributed by atoms with E-state index in [1.807, 2.05) is 0 Å². The Morgan fingerprint density at radius 1 is 1.38 bits per heavy atom. The van der Waals surface area contributed by atoms with Gasteiger partial charge in [0, 0.05) is 18.7 Å². The zero-order valence-corrected chi connectivity index (χ0v) is 8.21. The van der Waals surface area contributed by atoms with Gasteiger partial charge in [0.1, 0.15) is 5.69 Å². The molecule has 6 heteroatoms. The van der Waals surface area contributed by atoms with Crippen LogP contribution in [0.1, 0.15) is 16.9 Å². The monoisotopic (exact) mass is 223 g/mol. The van der Waals surface area contributed by atoms with E-state index in [2.05, 4.69) is 0 Å². The van der Waals surface area contributed by atoms with Gasteiger partial charge in [0.25, 0.3) is 0 Å². The number of carboxylic acids is 2. The van der Waals surface area contributed by atoms with Gasteiger partial charge in [-0.15, -0.1) is 0 Å². The molecule has 2 rings (SSSR count). The molecule has 2 aromatic heterocycles. The minimum absolute atomic E-state index is 0.0376. The minimum Gasteiger partial charge on any atom is -0.481 e. The Kier molecular flexibility index (Phi) is 2.40. The molecular formula is C10H9NO5. The zero-order valence-electron chi connectivity index (χ0n) is 8.21. The highest BCUT2D eigenvalue weighted by Crippen LogP contribution is 2.21. The van der Waals surface area contributed by atoms with Crippen molar-refractivity contribution < 1.29 is 24.2 Å². The number of aliphatic carboxylic acids is 1. The van der Waals surface area contributed by atoms with Crippen LogP contribution in [-0.2, 0) is 11.3 Å². The Bertz CT molecular complexity index is 551. The molecule has 0 saturated carbocycles. The largest absolute Gasteiger partial charge is 0.481 e. The maximum Gasteiger partial charge on any atom is 0.352 e. The number of carbonyl (C=O) groups is 2. The summed E-state index contributed by atoms with van der Waals surface area (Å²) in [4.78, 5) is 21.4. The van der Waals surface area contributed by atoms with Crippen LogP contribution in [0.15, 0.2) is 22.8 Å². The molecule has 84 valence electrons. The van der Waals surface area contributed by atoms with Gasteiger partial charge in [0.05, 0.1) is 18.2 Å². The predicted octanol–water partition coefficient (Wildman–Crippen LogP) is 1.41. The molecular weight excluding hydrogens is 214 g/mol. The van der Waals surface area contributed by atoms with Crippen molar-refractivity contribution >= 4 is 23.0 Å². The number of furan rings is 1. The molecule has 0 amide bonds. The van der Waals surface area contributed by atoms with Crippen LogP contribution < -0.4 is 0 Å². The number of hydrogen-bond donors (Lipinski definition) is 2. The Morgan fingerprint density at radius 2 is 2.12 bits per heavy atom. The van der Waals surface area contributed by atoms with Crippen LogP contribution in [0.3, 0.4) is 0 Å². The molecule has 0 aliphatic heterocycles. The van der Waals surface area contributed by atoms with Gasteiger partial charge in [-0.25, -0.2) is 4.79 Å². The van der Waals surface area contributed by atoms with E-state index in [0.717, 1.165) is 0 Å². The van der Waals surface area contributed by atoms with E-state index in [0.29, 0.717) is 11.1 Å². The molecule has 0 atom stereocenters. The Hall–Kier alpha value is -2.24. The number of hydrogen-bond acceptors (Lipinski definition) is 3. The number of carboxylic acid groups (broad SMARTS) is 2. The molecule has 2 N–H and O–H groups in total. The lowest BCUT2D eigenvalue weighted by Gasteiger charge is -2.04. The summed E-state index contributed by atoms with van der Waals surface area (Å²) in [5.41, 5.74) is 1.08. The fourth-order valence-electron chi connectivity index (χ4n) is 1.60. The first-order valence-electron chi connectivity index (χ1n) is 4.61. The smallest absolute Gasteiger partial charge is 0.352 e. The molecule has 0 aliphatic rings. The second-order valence-corrected chi connectivity index (χ2v) is 3.30. The molecule has 0 fully saturated rings. The Labute approximate surface area is 89.7 Å². The highest BCUT2D eigenvalue weighted by molar-refractivity contribution is 5.92. The highest BCUT2D eigenvalue weighted by Gasteiger charge is 2.16. The molecule has 6 nitrogen and oxygen atoms in total. The molecule has 0 bridgehead atoms. The summed E-state index contributed by atoms with van der Waals surface area (Å²) in [6.07, 6.45) is 1.31. The molecule has 2 aromatic rings. The first-order chi connectivity index (χ1) is 7.59. The normalized spacial score (nSPS) is 10.8. The fraction of sp³-hybridized carbons (Fsp3) is 0.200. The number of aromatic nitrogens is 1. The van der Waals surface area contributed by atoms with E-state index >= 15 is 0 Å². The van der Waals surface area contributed by atoms with E-state index in [9.17, 15) is 9.59 Å². The molecule has 0 radical (unpaired) electrons. The van der Waals surface area contributed by atoms with Crippen LogP contribution in [0.25, 0.3) is 11.1 Å². The van der Waals surface area contributed by atoms with E-state index < -0.39 is 11.9 Å². The van der Waals surface area contributed by atoms with Crippen molar-refractivity contribution in [2.75, 3.05) is 0 Å². The predicted molar refractivity (Wildman–Crippen MR) is 53.4 cm³/mol. The average molecular weight is 223 g/mol. The van der Waals surface area contributed by atoms with Crippen LogP contribution in [0.4, 0.5) is 0 Å². The van der Waals surface area contributed by atoms with E-state index in [1.165, 1.54) is 16.9 Å².